The quantitative estimate of drug-likeness (QED) is 0.490. The molecule has 0 aliphatic heterocycles. The maximum Gasteiger partial charge on any atom is 0.0314 e. The van der Waals surface area contributed by atoms with E-state index in [1.54, 1.807) is 21.6 Å². The van der Waals surface area contributed by atoms with Crippen LogP contribution < -0.4 is 5.73 Å². The first-order valence-electron chi connectivity index (χ1n) is 4.70. The van der Waals surface area contributed by atoms with Gasteiger partial charge in [-0.05, 0) is 71.1 Å². The number of hydrogen-bond acceptors (Lipinski definition) is 3. The first kappa shape index (κ1) is 12.1. The van der Waals surface area contributed by atoms with Crippen LogP contribution in [0.1, 0.15) is 0 Å². The van der Waals surface area contributed by atoms with Crippen LogP contribution in [0.3, 0.4) is 0 Å². The lowest BCUT2D eigenvalue weighted by Gasteiger charge is -2.01. The molecule has 0 aliphatic carbocycles. The number of hydrogen-bond donors (Lipinski definition) is 1. The highest BCUT2D eigenvalue weighted by Gasteiger charge is 1.97. The van der Waals surface area contributed by atoms with E-state index < -0.39 is 0 Å². The van der Waals surface area contributed by atoms with E-state index in [4.69, 9.17) is 5.73 Å². The highest BCUT2D eigenvalue weighted by molar-refractivity contribution is 14.1. The second-order valence-electron chi connectivity index (χ2n) is 3.19. The van der Waals surface area contributed by atoms with Crippen molar-refractivity contribution in [2.24, 2.45) is 0 Å². The van der Waals surface area contributed by atoms with Gasteiger partial charge in [0.05, 0.1) is 0 Å². The van der Waals surface area contributed by atoms with Crippen LogP contribution in [-0.4, -0.2) is 0 Å². The average molecular weight is 359 g/mol. The molecule has 0 fully saturated rings. The molecule has 2 aromatic carbocycles. The molecule has 0 saturated heterocycles. The fourth-order valence-corrected chi connectivity index (χ4v) is 3.40. The molecule has 0 amide bonds. The van der Waals surface area contributed by atoms with Gasteiger partial charge < -0.3 is 5.73 Å². The molecule has 0 unspecified atom stereocenters. The Kier molecular flexibility index (Phi) is 4.43. The Labute approximate surface area is 117 Å². The highest BCUT2D eigenvalue weighted by Crippen LogP contribution is 2.37. The first-order chi connectivity index (χ1) is 7.74. The molecule has 0 spiro atoms. The van der Waals surface area contributed by atoms with Gasteiger partial charge in [0.15, 0.2) is 0 Å². The van der Waals surface area contributed by atoms with Gasteiger partial charge in [0, 0.05) is 19.0 Å². The van der Waals surface area contributed by atoms with E-state index in [0.717, 1.165) is 5.69 Å². The second-order valence-corrected chi connectivity index (χ2v) is 6.71. The average Bonchev–Trinajstić information content (AvgIpc) is 2.30. The van der Waals surface area contributed by atoms with Gasteiger partial charge in [-0.1, -0.05) is 21.6 Å². The maximum atomic E-state index is 5.63. The molecule has 0 atom stereocenters. The van der Waals surface area contributed by atoms with Crippen LogP contribution >= 0.6 is 44.2 Å². The monoisotopic (exact) mass is 359 g/mol. The number of nitrogen functional groups attached to an aromatic ring is 1. The summed E-state index contributed by atoms with van der Waals surface area (Å²) in [6.45, 7) is 0. The Morgan fingerprint density at radius 1 is 0.750 bits per heavy atom. The van der Waals surface area contributed by atoms with Gasteiger partial charge in [0.2, 0.25) is 0 Å². The van der Waals surface area contributed by atoms with Crippen LogP contribution in [-0.2, 0) is 0 Å². The minimum atomic E-state index is 0.809. The van der Waals surface area contributed by atoms with Gasteiger partial charge >= 0.3 is 0 Å². The molecule has 0 aromatic heterocycles. The molecule has 2 rings (SSSR count). The molecule has 82 valence electrons. The van der Waals surface area contributed by atoms with Crippen molar-refractivity contribution < 1.29 is 0 Å². The third-order valence-electron chi connectivity index (χ3n) is 1.93. The summed E-state index contributed by atoms with van der Waals surface area (Å²) in [5.41, 5.74) is 6.44. The third-order valence-corrected chi connectivity index (χ3v) is 5.06. The fourth-order valence-electron chi connectivity index (χ4n) is 1.11. The summed E-state index contributed by atoms with van der Waals surface area (Å²) in [5, 5.41) is 0. The highest BCUT2D eigenvalue weighted by atomic mass is 127. The Morgan fingerprint density at radius 2 is 1.19 bits per heavy atom. The van der Waals surface area contributed by atoms with Crippen molar-refractivity contribution in [1.82, 2.24) is 0 Å². The molecule has 1 nitrogen and oxygen atoms in total. The zero-order valence-corrected chi connectivity index (χ0v) is 12.2. The van der Waals surface area contributed by atoms with E-state index >= 15 is 0 Å². The van der Waals surface area contributed by atoms with Crippen molar-refractivity contribution in [2.45, 2.75) is 9.79 Å². The molecule has 4 heteroatoms. The number of rotatable bonds is 3. The van der Waals surface area contributed by atoms with E-state index in [-0.39, 0.29) is 0 Å². The lowest BCUT2D eigenvalue weighted by atomic mass is 10.3. The minimum absolute atomic E-state index is 0.809. The van der Waals surface area contributed by atoms with Crippen molar-refractivity contribution >= 4 is 49.9 Å². The largest absolute Gasteiger partial charge is 0.399 e. The lowest BCUT2D eigenvalue weighted by Crippen LogP contribution is -1.81. The number of nitrogens with two attached hydrogens (primary N) is 1. The topological polar surface area (TPSA) is 26.0 Å². The fraction of sp³-hybridized carbons (Fsp3) is 0. The lowest BCUT2D eigenvalue weighted by molar-refractivity contribution is 1.45. The summed E-state index contributed by atoms with van der Waals surface area (Å²) < 4.78 is 1.26. The molecular formula is C12H10INS2. The Bertz CT molecular complexity index is 408. The normalized spacial score (nSPS) is 10.3. The summed E-state index contributed by atoms with van der Waals surface area (Å²) in [4.78, 5) is 2.49. The van der Waals surface area contributed by atoms with Gasteiger partial charge in [0.25, 0.3) is 0 Å². The standard InChI is InChI=1S/C12H10INS2/c13-9-1-5-11(6-2-9)15-16-12-7-3-10(14)4-8-12/h1-8H,14H2. The maximum absolute atomic E-state index is 5.63. The molecule has 0 aliphatic rings. The van der Waals surface area contributed by atoms with E-state index in [1.165, 1.54) is 13.4 Å². The SMILES string of the molecule is Nc1ccc(SSc2ccc(I)cc2)cc1. The van der Waals surface area contributed by atoms with Gasteiger partial charge in [-0.2, -0.15) is 0 Å². The summed E-state index contributed by atoms with van der Waals surface area (Å²) in [6, 6.07) is 16.4. The van der Waals surface area contributed by atoms with Crippen LogP contribution in [0, 0.1) is 3.57 Å². The van der Waals surface area contributed by atoms with E-state index in [9.17, 15) is 0 Å². The van der Waals surface area contributed by atoms with E-state index in [0.29, 0.717) is 0 Å². The molecule has 16 heavy (non-hydrogen) atoms. The van der Waals surface area contributed by atoms with Gasteiger partial charge in [-0.25, -0.2) is 0 Å². The van der Waals surface area contributed by atoms with E-state index in [2.05, 4.69) is 46.9 Å². The Hall–Kier alpha value is -0.330. The summed E-state index contributed by atoms with van der Waals surface area (Å²) in [6.07, 6.45) is 0. The van der Waals surface area contributed by atoms with Gasteiger partial charge in [-0.15, -0.1) is 0 Å². The molecule has 0 heterocycles. The Balaban J connectivity index is 1.97. The zero-order chi connectivity index (χ0) is 11.4. The second kappa shape index (κ2) is 5.84. The molecular weight excluding hydrogens is 349 g/mol. The molecule has 0 bridgehead atoms. The van der Waals surface area contributed by atoms with Crippen molar-refractivity contribution in [3.05, 3.63) is 52.1 Å². The summed E-state index contributed by atoms with van der Waals surface area (Å²) in [7, 11) is 3.51. The van der Waals surface area contributed by atoms with Crippen LogP contribution in [0.5, 0.6) is 0 Å². The van der Waals surface area contributed by atoms with Crippen molar-refractivity contribution in [1.29, 1.82) is 0 Å². The number of benzene rings is 2. The molecule has 2 N–H and O–H groups in total. The first-order valence-corrected chi connectivity index (χ1v) is 7.92. The van der Waals surface area contributed by atoms with Crippen LogP contribution in [0.4, 0.5) is 5.69 Å². The van der Waals surface area contributed by atoms with Crippen molar-refractivity contribution in [3.8, 4) is 0 Å². The summed E-state index contributed by atoms with van der Waals surface area (Å²) in [5.74, 6) is 0. The van der Waals surface area contributed by atoms with Crippen molar-refractivity contribution in [2.75, 3.05) is 5.73 Å². The predicted octanol–water partition coefficient (Wildman–Crippen LogP) is 4.67. The van der Waals surface area contributed by atoms with Crippen LogP contribution in [0.25, 0.3) is 0 Å². The molecule has 0 saturated carbocycles. The van der Waals surface area contributed by atoms with Crippen molar-refractivity contribution in [3.63, 3.8) is 0 Å². The third kappa shape index (κ3) is 3.61. The zero-order valence-electron chi connectivity index (χ0n) is 8.39. The molecule has 2 aromatic rings. The number of halogens is 1. The Morgan fingerprint density at radius 3 is 1.69 bits per heavy atom. The van der Waals surface area contributed by atoms with Crippen LogP contribution in [0.2, 0.25) is 0 Å². The van der Waals surface area contributed by atoms with E-state index in [1.807, 2.05) is 24.3 Å². The van der Waals surface area contributed by atoms with Crippen LogP contribution in [0.15, 0.2) is 58.3 Å². The predicted molar refractivity (Wildman–Crippen MR) is 81.7 cm³/mol. The number of anilines is 1. The minimum Gasteiger partial charge on any atom is -0.399 e. The smallest absolute Gasteiger partial charge is 0.0314 e. The molecule has 0 radical (unpaired) electrons. The van der Waals surface area contributed by atoms with Gasteiger partial charge in [-0.3, -0.25) is 0 Å². The summed E-state index contributed by atoms with van der Waals surface area (Å²) >= 11 is 2.31. The van der Waals surface area contributed by atoms with Gasteiger partial charge in [0.1, 0.15) is 0 Å².